The van der Waals surface area contributed by atoms with Crippen LogP contribution in [0.1, 0.15) is 52.1 Å². The molecule has 0 radical (unpaired) electrons. The van der Waals surface area contributed by atoms with Crippen LogP contribution in [-0.2, 0) is 16.7 Å². The van der Waals surface area contributed by atoms with Gasteiger partial charge >= 0.3 is 5.97 Å². The molecule has 7 nitrogen and oxygen atoms in total. The van der Waals surface area contributed by atoms with E-state index in [0.717, 1.165) is 16.9 Å². The molecule has 146 valence electrons. The molecular formula is C20H22N4O3S. The Hall–Kier alpha value is -3.00. The molecule has 0 fully saturated rings. The van der Waals surface area contributed by atoms with Gasteiger partial charge in [-0.3, -0.25) is 14.8 Å². The number of hydrogen-bond donors (Lipinski definition) is 1. The summed E-state index contributed by atoms with van der Waals surface area (Å²) in [7, 11) is 1.33. The van der Waals surface area contributed by atoms with Crippen LogP contribution in [0.3, 0.4) is 0 Å². The van der Waals surface area contributed by atoms with E-state index in [2.05, 4.69) is 15.4 Å². The molecule has 2 heterocycles. The second kappa shape index (κ2) is 7.93. The van der Waals surface area contributed by atoms with Gasteiger partial charge in [-0.25, -0.2) is 9.78 Å². The Morgan fingerprint density at radius 2 is 1.93 bits per heavy atom. The lowest BCUT2D eigenvalue weighted by atomic mass is 9.91. The highest BCUT2D eigenvalue weighted by atomic mass is 32.1. The minimum Gasteiger partial charge on any atom is -0.465 e. The molecule has 1 aromatic carbocycles. The number of nitrogens with zero attached hydrogens (tertiary/aromatic N) is 3. The number of amides is 1. The first-order valence-electron chi connectivity index (χ1n) is 8.75. The maximum absolute atomic E-state index is 12.6. The summed E-state index contributed by atoms with van der Waals surface area (Å²) in [5.41, 5.74) is 1.81. The van der Waals surface area contributed by atoms with Crippen LogP contribution in [0.25, 0.3) is 0 Å². The molecule has 1 amide bonds. The van der Waals surface area contributed by atoms with E-state index in [1.54, 1.807) is 18.3 Å². The molecule has 0 saturated carbocycles. The van der Waals surface area contributed by atoms with Gasteiger partial charge in [0, 0.05) is 23.4 Å². The Kier molecular flexibility index (Phi) is 5.60. The Morgan fingerprint density at radius 1 is 1.21 bits per heavy atom. The maximum atomic E-state index is 12.6. The first-order valence-corrected chi connectivity index (χ1v) is 9.57. The highest BCUT2D eigenvalue weighted by Crippen LogP contribution is 2.32. The van der Waals surface area contributed by atoms with E-state index >= 15 is 0 Å². The highest BCUT2D eigenvalue weighted by molar-refractivity contribution is 7.17. The average molecular weight is 398 g/mol. The first-order chi connectivity index (χ1) is 13.3. The fraction of sp³-hybridized carbons (Fsp3) is 0.300. The summed E-state index contributed by atoms with van der Waals surface area (Å²) in [4.78, 5) is 29.5. The van der Waals surface area contributed by atoms with E-state index in [0.29, 0.717) is 27.8 Å². The summed E-state index contributed by atoms with van der Waals surface area (Å²) in [6, 6.07) is 9.16. The second-order valence-electron chi connectivity index (χ2n) is 7.29. The normalized spacial score (nSPS) is 11.3. The number of carbonyl (C=O) groups excluding carboxylic acids is 2. The molecular weight excluding hydrogens is 376 g/mol. The van der Waals surface area contributed by atoms with Crippen molar-refractivity contribution in [2.24, 2.45) is 0 Å². The maximum Gasteiger partial charge on any atom is 0.350 e. The van der Waals surface area contributed by atoms with E-state index in [1.165, 1.54) is 7.11 Å². The Labute approximate surface area is 167 Å². The number of hydrogen-bond acceptors (Lipinski definition) is 6. The molecule has 8 heteroatoms. The number of thiazole rings is 1. The molecule has 28 heavy (non-hydrogen) atoms. The van der Waals surface area contributed by atoms with Crippen LogP contribution in [0.4, 0.5) is 5.13 Å². The molecule has 3 rings (SSSR count). The second-order valence-corrected chi connectivity index (χ2v) is 8.29. The summed E-state index contributed by atoms with van der Waals surface area (Å²) < 4.78 is 6.66. The van der Waals surface area contributed by atoms with Gasteiger partial charge in [0.05, 0.1) is 19.3 Å². The summed E-state index contributed by atoms with van der Waals surface area (Å²) in [6.07, 6.45) is 3.61. The van der Waals surface area contributed by atoms with Gasteiger partial charge in [0.25, 0.3) is 5.91 Å². The first kappa shape index (κ1) is 19.8. The van der Waals surface area contributed by atoms with Gasteiger partial charge in [-0.05, 0) is 23.8 Å². The fourth-order valence-electron chi connectivity index (χ4n) is 2.62. The van der Waals surface area contributed by atoms with Gasteiger partial charge in [-0.2, -0.15) is 5.10 Å². The smallest absolute Gasteiger partial charge is 0.350 e. The molecule has 0 aliphatic heterocycles. The van der Waals surface area contributed by atoms with E-state index in [-0.39, 0.29) is 11.3 Å². The number of nitrogens with one attached hydrogen (secondary N) is 1. The van der Waals surface area contributed by atoms with Crippen LogP contribution in [0, 0.1) is 0 Å². The topological polar surface area (TPSA) is 86.1 Å². The van der Waals surface area contributed by atoms with Gasteiger partial charge in [-0.1, -0.05) is 44.2 Å². The minimum atomic E-state index is -0.453. The third kappa shape index (κ3) is 4.45. The number of anilines is 1. The number of ether oxygens (including phenoxy) is 1. The number of rotatable bonds is 5. The molecule has 1 N–H and O–H groups in total. The largest absolute Gasteiger partial charge is 0.465 e. The van der Waals surface area contributed by atoms with Gasteiger partial charge in [-0.15, -0.1) is 0 Å². The molecule has 3 aromatic rings. The molecule has 0 saturated heterocycles. The summed E-state index contributed by atoms with van der Waals surface area (Å²) in [5, 5.41) is 7.32. The molecule has 0 spiro atoms. The van der Waals surface area contributed by atoms with E-state index in [4.69, 9.17) is 4.74 Å². The van der Waals surface area contributed by atoms with Crippen LogP contribution in [0.5, 0.6) is 0 Å². The van der Waals surface area contributed by atoms with Crippen molar-refractivity contribution < 1.29 is 14.3 Å². The minimum absolute atomic E-state index is 0.281. The predicted molar refractivity (Wildman–Crippen MR) is 108 cm³/mol. The number of carbonyl (C=O) groups is 2. The van der Waals surface area contributed by atoms with Crippen molar-refractivity contribution >= 4 is 28.3 Å². The van der Waals surface area contributed by atoms with Gasteiger partial charge in [0.2, 0.25) is 0 Å². The number of benzene rings is 1. The monoisotopic (exact) mass is 398 g/mol. The number of aromatic nitrogens is 3. The lowest BCUT2D eigenvalue weighted by Crippen LogP contribution is -2.17. The van der Waals surface area contributed by atoms with Crippen molar-refractivity contribution in [3.05, 3.63) is 64.4 Å². The third-order valence-corrected chi connectivity index (χ3v) is 5.00. The highest BCUT2D eigenvalue weighted by Gasteiger charge is 2.28. The standard InChI is InChI=1S/C20H22N4O3S/c1-20(2,3)16-15(18(26)27-4)28-19(22-16)23-17(25)14-8-6-13(7-9-14)12-24-11-5-10-21-24/h5-11H,12H2,1-4H3,(H,22,23,25). The van der Waals surface area contributed by atoms with Crippen LogP contribution in [0.15, 0.2) is 42.7 Å². The molecule has 0 unspecified atom stereocenters. The zero-order valence-electron chi connectivity index (χ0n) is 16.2. The number of esters is 1. The van der Waals surface area contributed by atoms with Crippen molar-refractivity contribution in [1.82, 2.24) is 14.8 Å². The molecule has 2 aromatic heterocycles. The Morgan fingerprint density at radius 3 is 2.50 bits per heavy atom. The van der Waals surface area contributed by atoms with Crippen LogP contribution < -0.4 is 5.32 Å². The van der Waals surface area contributed by atoms with Crippen molar-refractivity contribution in [1.29, 1.82) is 0 Å². The van der Waals surface area contributed by atoms with E-state index in [9.17, 15) is 9.59 Å². The van der Waals surface area contributed by atoms with E-state index < -0.39 is 5.97 Å². The number of methoxy groups -OCH3 is 1. The van der Waals surface area contributed by atoms with Crippen LogP contribution >= 0.6 is 11.3 Å². The zero-order chi connectivity index (χ0) is 20.3. The Bertz CT molecular complexity index is 970. The van der Waals surface area contributed by atoms with Crippen molar-refractivity contribution in [3.8, 4) is 0 Å². The quantitative estimate of drug-likeness (QED) is 0.662. The third-order valence-electron chi connectivity index (χ3n) is 4.05. The van der Waals surface area contributed by atoms with Gasteiger partial charge < -0.3 is 4.74 Å². The lowest BCUT2D eigenvalue weighted by Gasteiger charge is -2.16. The molecule has 0 bridgehead atoms. The van der Waals surface area contributed by atoms with Crippen molar-refractivity contribution in [2.75, 3.05) is 12.4 Å². The molecule has 0 aliphatic rings. The van der Waals surface area contributed by atoms with Crippen LogP contribution in [-0.4, -0.2) is 33.8 Å². The summed E-state index contributed by atoms with van der Waals surface area (Å²) >= 11 is 1.12. The lowest BCUT2D eigenvalue weighted by molar-refractivity contribution is 0.0603. The zero-order valence-corrected chi connectivity index (χ0v) is 17.0. The SMILES string of the molecule is COC(=O)c1sc(NC(=O)c2ccc(Cn3cccn3)cc2)nc1C(C)(C)C. The van der Waals surface area contributed by atoms with E-state index in [1.807, 2.05) is 49.8 Å². The Balaban J connectivity index is 1.75. The van der Waals surface area contributed by atoms with Crippen molar-refractivity contribution in [2.45, 2.75) is 32.7 Å². The van der Waals surface area contributed by atoms with Gasteiger partial charge in [0.15, 0.2) is 5.13 Å². The summed E-state index contributed by atoms with van der Waals surface area (Å²) in [6.45, 7) is 6.51. The average Bonchev–Trinajstić information content (AvgIpc) is 3.31. The summed E-state index contributed by atoms with van der Waals surface area (Å²) in [5.74, 6) is -0.734. The molecule has 0 atom stereocenters. The fourth-order valence-corrected chi connectivity index (χ4v) is 3.71. The van der Waals surface area contributed by atoms with Gasteiger partial charge in [0.1, 0.15) is 4.88 Å². The van der Waals surface area contributed by atoms with Crippen molar-refractivity contribution in [3.63, 3.8) is 0 Å². The molecule has 0 aliphatic carbocycles. The predicted octanol–water partition coefficient (Wildman–Crippen LogP) is 3.72. The van der Waals surface area contributed by atoms with Crippen LogP contribution in [0.2, 0.25) is 0 Å².